The number of thioether (sulfide) groups is 1. The average molecular weight is 498 g/mol. The number of fused-ring (bicyclic) bond motifs is 2. The summed E-state index contributed by atoms with van der Waals surface area (Å²) in [6, 6.07) is 6.20. The lowest BCUT2D eigenvalue weighted by molar-refractivity contribution is 0.257. The second-order valence-electron chi connectivity index (χ2n) is 8.61. The van der Waals surface area contributed by atoms with Gasteiger partial charge >= 0.3 is 0 Å². The van der Waals surface area contributed by atoms with Crippen LogP contribution in [0.2, 0.25) is 0 Å². The molecular weight excluding hydrogens is 475 g/mol. The maximum Gasteiger partial charge on any atom is 0.233 e. The van der Waals surface area contributed by atoms with Crippen LogP contribution in [-0.2, 0) is 12.0 Å². The highest BCUT2D eigenvalue weighted by Crippen LogP contribution is 2.66. The quantitative estimate of drug-likeness (QED) is 0.495. The monoisotopic (exact) mass is 497 g/mol. The molecule has 3 heterocycles. The van der Waals surface area contributed by atoms with E-state index in [0.29, 0.717) is 41.0 Å². The molecule has 0 amide bonds. The molecule has 1 aliphatic carbocycles. The largest absolute Gasteiger partial charge is 0.463 e. The van der Waals surface area contributed by atoms with E-state index >= 15 is 4.39 Å². The Morgan fingerprint density at radius 2 is 2.09 bits per heavy atom. The molecule has 1 aliphatic heterocycles. The molecule has 1 saturated carbocycles. The molecule has 5 rings (SSSR count). The fourth-order valence-electron chi connectivity index (χ4n) is 4.70. The number of nitrogens with two attached hydrogens (primary N) is 1. The van der Waals surface area contributed by atoms with Crippen LogP contribution in [0.1, 0.15) is 30.2 Å². The summed E-state index contributed by atoms with van der Waals surface area (Å²) < 4.78 is 48.1. The first kappa shape index (κ1) is 23.4. The third-order valence-electron chi connectivity index (χ3n) is 6.50. The predicted octanol–water partition coefficient (Wildman–Crippen LogP) is 4.11. The van der Waals surface area contributed by atoms with E-state index in [1.165, 1.54) is 12.3 Å². The first-order valence-corrected chi connectivity index (χ1v) is 11.8. The number of nitrogens with zero attached hydrogens (tertiary/aromatic N) is 4. The van der Waals surface area contributed by atoms with Gasteiger partial charge in [0.05, 0.1) is 22.2 Å². The lowest BCUT2D eigenvalue weighted by Gasteiger charge is -2.34. The Balaban J connectivity index is 1.49. The van der Waals surface area contributed by atoms with Gasteiger partial charge in [-0.25, -0.2) is 28.1 Å². The number of aromatic nitrogens is 3. The molecule has 2 aromatic heterocycles. The number of ether oxygens (including phenoxy) is 1. The number of halogens is 3. The first-order valence-electron chi connectivity index (χ1n) is 11.0. The summed E-state index contributed by atoms with van der Waals surface area (Å²) in [5.74, 6) is 4.82. The van der Waals surface area contributed by atoms with Crippen molar-refractivity contribution in [3.63, 3.8) is 0 Å². The SMILES string of the molecule is CC#CCOc1cnc2c(Cc3ccc(F)c([C@@]4(CF)N=C(N)S[C@@]5(CF)C[C@H]54)c3)nccc2n1. The molecule has 35 heavy (non-hydrogen) atoms. The molecule has 0 bridgehead atoms. The molecule has 0 unspecified atom stereocenters. The van der Waals surface area contributed by atoms with Gasteiger partial charge in [-0.05, 0) is 37.1 Å². The summed E-state index contributed by atoms with van der Waals surface area (Å²) in [6.45, 7) is 0.293. The van der Waals surface area contributed by atoms with Crippen molar-refractivity contribution < 1.29 is 17.9 Å². The zero-order valence-corrected chi connectivity index (χ0v) is 19.7. The fraction of sp³-hybridized carbons (Fsp3) is 0.360. The zero-order chi connectivity index (χ0) is 24.6. The molecule has 0 saturated heterocycles. The van der Waals surface area contributed by atoms with Gasteiger partial charge < -0.3 is 10.5 Å². The number of aliphatic imine (C=N–C) groups is 1. The number of rotatable bonds is 7. The Labute approximate surface area is 204 Å². The third kappa shape index (κ3) is 4.08. The summed E-state index contributed by atoms with van der Waals surface area (Å²) >= 11 is 1.12. The molecule has 6 nitrogen and oxygen atoms in total. The lowest BCUT2D eigenvalue weighted by Crippen LogP contribution is -2.40. The summed E-state index contributed by atoms with van der Waals surface area (Å²) in [5, 5.41) is 0.0767. The van der Waals surface area contributed by atoms with Crippen molar-refractivity contribution in [1.29, 1.82) is 0 Å². The number of pyridine rings is 1. The van der Waals surface area contributed by atoms with Crippen molar-refractivity contribution in [3.05, 3.63) is 59.3 Å². The summed E-state index contributed by atoms with van der Waals surface area (Å²) in [6.07, 6.45) is 3.80. The Bertz CT molecular complexity index is 1390. The number of hydrogen-bond acceptors (Lipinski definition) is 7. The molecule has 3 aromatic rings. The van der Waals surface area contributed by atoms with E-state index in [0.717, 1.165) is 11.8 Å². The van der Waals surface area contributed by atoms with Crippen LogP contribution in [0, 0.1) is 23.6 Å². The van der Waals surface area contributed by atoms with Crippen molar-refractivity contribution in [1.82, 2.24) is 15.0 Å². The molecule has 1 aromatic carbocycles. The van der Waals surface area contributed by atoms with Crippen LogP contribution < -0.4 is 10.5 Å². The van der Waals surface area contributed by atoms with Gasteiger partial charge in [0, 0.05) is 24.1 Å². The number of benzene rings is 1. The van der Waals surface area contributed by atoms with Gasteiger partial charge in [0.15, 0.2) is 11.8 Å². The molecule has 0 spiro atoms. The van der Waals surface area contributed by atoms with Gasteiger partial charge in [0.1, 0.15) is 30.2 Å². The van der Waals surface area contributed by atoms with Crippen LogP contribution in [0.5, 0.6) is 5.88 Å². The highest BCUT2D eigenvalue weighted by molar-refractivity contribution is 8.15. The van der Waals surface area contributed by atoms with Crippen LogP contribution in [0.25, 0.3) is 11.0 Å². The van der Waals surface area contributed by atoms with Gasteiger partial charge in [-0.15, -0.1) is 5.92 Å². The van der Waals surface area contributed by atoms with Gasteiger partial charge in [-0.1, -0.05) is 23.7 Å². The van der Waals surface area contributed by atoms with Crippen molar-refractivity contribution in [2.75, 3.05) is 20.0 Å². The molecule has 0 radical (unpaired) electrons. The second-order valence-corrected chi connectivity index (χ2v) is 10.0. The van der Waals surface area contributed by atoms with E-state index in [9.17, 15) is 8.78 Å². The predicted molar refractivity (Wildman–Crippen MR) is 129 cm³/mol. The molecule has 10 heteroatoms. The minimum absolute atomic E-state index is 0.0767. The Kier molecular flexibility index (Phi) is 6.05. The van der Waals surface area contributed by atoms with Crippen LogP contribution >= 0.6 is 11.8 Å². The fourth-order valence-corrected chi connectivity index (χ4v) is 5.97. The van der Waals surface area contributed by atoms with E-state index < -0.39 is 35.4 Å². The van der Waals surface area contributed by atoms with Crippen molar-refractivity contribution in [3.8, 4) is 17.7 Å². The Morgan fingerprint density at radius 1 is 1.23 bits per heavy atom. The van der Waals surface area contributed by atoms with Gasteiger partial charge in [0.2, 0.25) is 5.88 Å². The molecular formula is C25H22F3N5OS. The molecule has 180 valence electrons. The Hall–Kier alpha value is -3.32. The van der Waals surface area contributed by atoms with Crippen molar-refractivity contribution in [2.45, 2.75) is 30.1 Å². The highest BCUT2D eigenvalue weighted by atomic mass is 32.2. The van der Waals surface area contributed by atoms with Crippen LogP contribution in [-0.4, -0.2) is 44.8 Å². The van der Waals surface area contributed by atoms with Gasteiger partial charge in [-0.2, -0.15) is 0 Å². The molecule has 2 N–H and O–H groups in total. The minimum Gasteiger partial charge on any atom is -0.463 e. The van der Waals surface area contributed by atoms with Crippen molar-refractivity contribution in [2.24, 2.45) is 16.6 Å². The summed E-state index contributed by atoms with van der Waals surface area (Å²) in [4.78, 5) is 17.7. The highest BCUT2D eigenvalue weighted by Gasteiger charge is 2.68. The molecule has 2 aliphatic rings. The molecule has 1 fully saturated rings. The summed E-state index contributed by atoms with van der Waals surface area (Å²) in [7, 11) is 0. The van der Waals surface area contributed by atoms with E-state index in [1.807, 2.05) is 0 Å². The number of alkyl halides is 2. The maximum atomic E-state index is 15.1. The van der Waals surface area contributed by atoms with Gasteiger partial charge in [0.25, 0.3) is 0 Å². The number of amidine groups is 1. The van der Waals surface area contributed by atoms with Crippen LogP contribution in [0.3, 0.4) is 0 Å². The van der Waals surface area contributed by atoms with Gasteiger partial charge in [-0.3, -0.25) is 4.98 Å². The smallest absolute Gasteiger partial charge is 0.233 e. The van der Waals surface area contributed by atoms with E-state index in [-0.39, 0.29) is 17.3 Å². The second kappa shape index (κ2) is 9.04. The standard InChI is InChI=1S/C25H22F3N5OS/c1-2-3-8-34-21-12-31-22-18(32-21)6-7-30-19(22)10-15-4-5-17(28)16(9-15)25(14-27)20-11-24(20,13-26)35-23(29)33-25/h4-7,9,12,20H,8,10-11,13-14H2,1H3,(H2,29,33)/t20-,24-,25-/m1/s1. The number of hydrogen-bond donors (Lipinski definition) is 1. The van der Waals surface area contributed by atoms with E-state index in [2.05, 4.69) is 31.8 Å². The first-order chi connectivity index (χ1) is 16.9. The molecule has 3 atom stereocenters. The normalized spacial score (nSPS) is 24.8. The summed E-state index contributed by atoms with van der Waals surface area (Å²) in [5.41, 5.74) is 6.95. The van der Waals surface area contributed by atoms with Crippen molar-refractivity contribution >= 4 is 28.0 Å². The van der Waals surface area contributed by atoms with Crippen LogP contribution in [0.15, 0.2) is 41.7 Å². The average Bonchev–Trinajstić information content (AvgIpc) is 3.60. The lowest BCUT2D eigenvalue weighted by atomic mass is 9.83. The zero-order valence-electron chi connectivity index (χ0n) is 18.9. The van der Waals surface area contributed by atoms with Crippen LogP contribution in [0.4, 0.5) is 13.2 Å². The van der Waals surface area contributed by atoms with E-state index in [1.54, 1.807) is 31.3 Å². The third-order valence-corrected chi connectivity index (χ3v) is 7.77. The van der Waals surface area contributed by atoms with E-state index in [4.69, 9.17) is 10.5 Å². The maximum absolute atomic E-state index is 15.1. The Morgan fingerprint density at radius 3 is 2.86 bits per heavy atom. The minimum atomic E-state index is -1.54. The topological polar surface area (TPSA) is 86.3 Å².